The molecule has 7 nitrogen and oxygen atoms in total. The molecule has 30 heavy (non-hydrogen) atoms. The first kappa shape index (κ1) is 20.5. The van der Waals surface area contributed by atoms with Crippen molar-refractivity contribution in [1.82, 2.24) is 0 Å². The summed E-state index contributed by atoms with van der Waals surface area (Å²) < 4.78 is 34.2. The van der Waals surface area contributed by atoms with Crippen molar-refractivity contribution in [2.45, 2.75) is 26.4 Å². The largest absolute Gasteiger partial charge is 0.493 e. The fourth-order valence-corrected chi connectivity index (χ4v) is 4.49. The number of rotatable bonds is 4. The maximum absolute atomic E-state index is 11.3. The van der Waals surface area contributed by atoms with Crippen LogP contribution in [0, 0.1) is 11.8 Å². The number of aliphatic hydroxyl groups is 1. The highest BCUT2D eigenvalue weighted by Gasteiger charge is 2.37. The molecule has 0 radical (unpaired) electrons. The van der Waals surface area contributed by atoms with Gasteiger partial charge in [0.25, 0.3) is 0 Å². The van der Waals surface area contributed by atoms with Crippen LogP contribution in [0.25, 0.3) is 11.1 Å². The number of hydrogen-bond donors (Lipinski definition) is 1. The van der Waals surface area contributed by atoms with Crippen molar-refractivity contribution in [3.05, 3.63) is 23.3 Å². The van der Waals surface area contributed by atoms with Crippen LogP contribution < -0.4 is 28.4 Å². The molecule has 1 N–H and O–H groups in total. The summed E-state index contributed by atoms with van der Waals surface area (Å²) in [5.74, 6) is 3.40. The van der Waals surface area contributed by atoms with Crippen molar-refractivity contribution in [3.63, 3.8) is 0 Å². The molecule has 1 heterocycles. The third kappa shape index (κ3) is 2.91. The second-order valence-corrected chi connectivity index (χ2v) is 7.77. The molecule has 2 aliphatic rings. The highest BCUT2D eigenvalue weighted by atomic mass is 16.7. The molecular formula is C23H28O7. The van der Waals surface area contributed by atoms with Crippen molar-refractivity contribution in [2.24, 2.45) is 11.8 Å². The molecule has 4 rings (SSSR count). The lowest BCUT2D eigenvalue weighted by atomic mass is 9.76. The van der Waals surface area contributed by atoms with Gasteiger partial charge in [-0.1, -0.05) is 13.8 Å². The van der Waals surface area contributed by atoms with Gasteiger partial charge in [0.05, 0.1) is 34.5 Å². The molecule has 2 aromatic carbocycles. The topological polar surface area (TPSA) is 75.6 Å². The van der Waals surface area contributed by atoms with E-state index >= 15 is 0 Å². The second-order valence-electron chi connectivity index (χ2n) is 7.77. The SMILES string of the molecule is COc1cc2c(c(OC)c1OC)-c1c(cc3c(c1OC)OCO3)[C@H](O)[C@H](C)[C@H](C)C2. The molecule has 0 spiro atoms. The summed E-state index contributed by atoms with van der Waals surface area (Å²) in [7, 11) is 6.36. The predicted octanol–water partition coefficient (Wildman–Crippen LogP) is 3.98. The molecule has 2 aromatic rings. The van der Waals surface area contributed by atoms with E-state index in [0.29, 0.717) is 40.1 Å². The van der Waals surface area contributed by atoms with Crippen molar-refractivity contribution >= 4 is 0 Å². The number of ether oxygens (including phenoxy) is 6. The Bertz CT molecular complexity index is 969. The molecule has 0 aromatic heterocycles. The lowest BCUT2D eigenvalue weighted by molar-refractivity contribution is 0.0864. The summed E-state index contributed by atoms with van der Waals surface area (Å²) in [6.45, 7) is 4.29. The molecule has 1 aliphatic carbocycles. The van der Waals surface area contributed by atoms with E-state index in [1.54, 1.807) is 28.4 Å². The lowest BCUT2D eigenvalue weighted by Crippen LogP contribution is -2.22. The summed E-state index contributed by atoms with van der Waals surface area (Å²) in [6, 6.07) is 3.82. The third-order valence-electron chi connectivity index (χ3n) is 6.27. The molecule has 162 valence electrons. The lowest BCUT2D eigenvalue weighted by Gasteiger charge is -2.33. The molecule has 7 heteroatoms. The Balaban J connectivity index is 2.16. The maximum Gasteiger partial charge on any atom is 0.231 e. The van der Waals surface area contributed by atoms with E-state index in [2.05, 4.69) is 13.8 Å². The number of methoxy groups -OCH3 is 4. The Labute approximate surface area is 176 Å². The zero-order chi connectivity index (χ0) is 21.6. The van der Waals surface area contributed by atoms with Gasteiger partial charge in [-0.2, -0.15) is 0 Å². The van der Waals surface area contributed by atoms with Gasteiger partial charge in [0.1, 0.15) is 0 Å². The van der Waals surface area contributed by atoms with Gasteiger partial charge in [-0.15, -0.1) is 0 Å². The Hall–Kier alpha value is -2.80. The standard InChI is InChI=1S/C23H28O7/c1-11-7-13-8-15(25-3)20(26-4)22(27-5)17(13)18-14(19(24)12(11)2)9-16-21(23(18)28-6)30-10-29-16/h8-9,11-12,19,24H,7,10H2,1-6H3/t11-,12-,19-/m1/s1. The number of aliphatic hydroxyl groups excluding tert-OH is 1. The van der Waals surface area contributed by atoms with E-state index in [4.69, 9.17) is 28.4 Å². The van der Waals surface area contributed by atoms with Crippen LogP contribution in [0.15, 0.2) is 12.1 Å². The number of fused-ring (bicyclic) bond motifs is 4. The predicted molar refractivity (Wildman–Crippen MR) is 111 cm³/mol. The average molecular weight is 416 g/mol. The van der Waals surface area contributed by atoms with E-state index in [1.807, 2.05) is 12.1 Å². The first-order valence-corrected chi connectivity index (χ1v) is 9.97. The van der Waals surface area contributed by atoms with E-state index in [0.717, 1.165) is 23.1 Å². The summed E-state index contributed by atoms with van der Waals surface area (Å²) in [6.07, 6.45) is 0.00533. The van der Waals surface area contributed by atoms with E-state index in [-0.39, 0.29) is 18.6 Å². The van der Waals surface area contributed by atoms with Gasteiger partial charge in [-0.05, 0) is 41.5 Å². The fourth-order valence-electron chi connectivity index (χ4n) is 4.49. The van der Waals surface area contributed by atoms with Crippen LogP contribution in [0.1, 0.15) is 31.1 Å². The highest BCUT2D eigenvalue weighted by Crippen LogP contribution is 2.58. The Morgan fingerprint density at radius 3 is 2.20 bits per heavy atom. The van der Waals surface area contributed by atoms with Gasteiger partial charge < -0.3 is 33.5 Å². The molecular weight excluding hydrogens is 388 g/mol. The minimum atomic E-state index is -0.718. The van der Waals surface area contributed by atoms with Crippen LogP contribution in [0.4, 0.5) is 0 Å². The Morgan fingerprint density at radius 1 is 0.867 bits per heavy atom. The summed E-state index contributed by atoms with van der Waals surface area (Å²) in [5.41, 5.74) is 3.26. The molecule has 1 aliphatic heterocycles. The van der Waals surface area contributed by atoms with E-state index < -0.39 is 6.10 Å². The zero-order valence-electron chi connectivity index (χ0n) is 18.2. The van der Waals surface area contributed by atoms with Crippen LogP contribution in [-0.2, 0) is 6.42 Å². The van der Waals surface area contributed by atoms with Crippen molar-refractivity contribution < 1.29 is 33.5 Å². The van der Waals surface area contributed by atoms with Gasteiger partial charge in [-0.3, -0.25) is 0 Å². The fraction of sp³-hybridized carbons (Fsp3) is 0.478. The van der Waals surface area contributed by atoms with Gasteiger partial charge in [0.15, 0.2) is 23.0 Å². The van der Waals surface area contributed by atoms with Crippen LogP contribution in [0.3, 0.4) is 0 Å². The average Bonchev–Trinajstić information content (AvgIpc) is 3.23. The maximum atomic E-state index is 11.3. The van der Waals surface area contributed by atoms with Gasteiger partial charge in [0, 0.05) is 11.1 Å². The molecule has 0 unspecified atom stereocenters. The summed E-state index contributed by atoms with van der Waals surface area (Å²) >= 11 is 0. The van der Waals surface area contributed by atoms with Crippen LogP contribution in [-0.4, -0.2) is 40.3 Å². The smallest absolute Gasteiger partial charge is 0.231 e. The van der Waals surface area contributed by atoms with E-state index in [9.17, 15) is 5.11 Å². The second kappa shape index (κ2) is 7.80. The van der Waals surface area contributed by atoms with Crippen LogP contribution in [0.2, 0.25) is 0 Å². The molecule has 0 saturated carbocycles. The normalized spacial score (nSPS) is 21.8. The summed E-state index contributed by atoms with van der Waals surface area (Å²) in [4.78, 5) is 0. The van der Waals surface area contributed by atoms with Crippen LogP contribution in [0.5, 0.6) is 34.5 Å². The van der Waals surface area contributed by atoms with Crippen molar-refractivity contribution in [2.75, 3.05) is 35.2 Å². The Kier molecular flexibility index (Phi) is 5.32. The molecule has 0 bridgehead atoms. The van der Waals surface area contributed by atoms with Crippen LogP contribution >= 0.6 is 0 Å². The minimum absolute atomic E-state index is 0.000990. The molecule has 3 atom stereocenters. The van der Waals surface area contributed by atoms with Gasteiger partial charge in [-0.25, -0.2) is 0 Å². The monoisotopic (exact) mass is 416 g/mol. The van der Waals surface area contributed by atoms with E-state index in [1.165, 1.54) is 0 Å². The van der Waals surface area contributed by atoms with Gasteiger partial charge >= 0.3 is 0 Å². The van der Waals surface area contributed by atoms with Gasteiger partial charge in [0.2, 0.25) is 18.3 Å². The minimum Gasteiger partial charge on any atom is -0.493 e. The number of hydrogen-bond acceptors (Lipinski definition) is 7. The molecule has 0 saturated heterocycles. The van der Waals surface area contributed by atoms with Crippen molar-refractivity contribution in [3.8, 4) is 45.6 Å². The molecule has 0 amide bonds. The highest BCUT2D eigenvalue weighted by molar-refractivity contribution is 5.88. The number of benzene rings is 2. The Morgan fingerprint density at radius 2 is 1.57 bits per heavy atom. The summed E-state index contributed by atoms with van der Waals surface area (Å²) in [5, 5.41) is 11.3. The third-order valence-corrected chi connectivity index (χ3v) is 6.27. The zero-order valence-corrected chi connectivity index (χ0v) is 18.2. The van der Waals surface area contributed by atoms with Crippen molar-refractivity contribution in [1.29, 1.82) is 0 Å². The first-order chi connectivity index (χ1) is 14.5. The molecule has 0 fully saturated rings. The first-order valence-electron chi connectivity index (χ1n) is 9.97. The quantitative estimate of drug-likeness (QED) is 0.808.